The van der Waals surface area contributed by atoms with Crippen LogP contribution >= 0.6 is 0 Å². The van der Waals surface area contributed by atoms with E-state index in [-0.39, 0.29) is 0 Å². The molecule has 1 aliphatic rings. The summed E-state index contributed by atoms with van der Waals surface area (Å²) in [6.07, 6.45) is 6.56. The Morgan fingerprint density at radius 3 is 2.74 bits per heavy atom. The van der Waals surface area contributed by atoms with Crippen molar-refractivity contribution < 1.29 is 4.74 Å². The molecule has 100 valence electrons. The first-order chi connectivity index (χ1) is 9.36. The molecular formula is C16H20N2O. The zero-order chi connectivity index (χ0) is 13.1. The minimum Gasteiger partial charge on any atom is -0.490 e. The topological polar surface area (TPSA) is 48.1 Å². The minimum atomic E-state index is 0.352. The number of benzene rings is 1. The van der Waals surface area contributed by atoms with Crippen LogP contribution in [0.3, 0.4) is 0 Å². The van der Waals surface area contributed by atoms with E-state index in [4.69, 9.17) is 10.5 Å². The third-order valence-electron chi connectivity index (χ3n) is 3.79. The monoisotopic (exact) mass is 256 g/mol. The molecule has 3 heteroatoms. The van der Waals surface area contributed by atoms with Crippen LogP contribution in [0.5, 0.6) is 5.75 Å². The van der Waals surface area contributed by atoms with Crippen LogP contribution in [-0.4, -0.2) is 11.1 Å². The molecule has 1 saturated carbocycles. The third kappa shape index (κ3) is 2.71. The minimum absolute atomic E-state index is 0.352. The molecule has 0 saturated heterocycles. The Kier molecular flexibility index (Phi) is 3.65. The van der Waals surface area contributed by atoms with E-state index < -0.39 is 0 Å². The van der Waals surface area contributed by atoms with Crippen molar-refractivity contribution in [3.05, 3.63) is 36.0 Å². The van der Waals surface area contributed by atoms with Gasteiger partial charge >= 0.3 is 0 Å². The number of nitrogens with zero attached hydrogens (tertiary/aromatic N) is 1. The van der Waals surface area contributed by atoms with E-state index in [2.05, 4.69) is 11.1 Å². The lowest BCUT2D eigenvalue weighted by molar-refractivity contribution is 0.157. The van der Waals surface area contributed by atoms with Crippen molar-refractivity contribution >= 4 is 10.9 Å². The van der Waals surface area contributed by atoms with Crippen LogP contribution in [0.25, 0.3) is 10.9 Å². The van der Waals surface area contributed by atoms with Gasteiger partial charge in [0, 0.05) is 18.0 Å². The molecule has 0 unspecified atom stereocenters. The maximum Gasteiger partial charge on any atom is 0.130 e. The van der Waals surface area contributed by atoms with Gasteiger partial charge in [0.2, 0.25) is 0 Å². The lowest BCUT2D eigenvalue weighted by Gasteiger charge is -2.24. The largest absolute Gasteiger partial charge is 0.490 e. The van der Waals surface area contributed by atoms with Gasteiger partial charge in [-0.15, -0.1) is 0 Å². The molecule has 2 aromatic rings. The number of hydrogen-bond acceptors (Lipinski definition) is 3. The zero-order valence-corrected chi connectivity index (χ0v) is 11.1. The Labute approximate surface area is 113 Å². The summed E-state index contributed by atoms with van der Waals surface area (Å²) in [6, 6.07) is 10.1. The van der Waals surface area contributed by atoms with Crippen LogP contribution in [0.15, 0.2) is 30.3 Å². The van der Waals surface area contributed by atoms with Gasteiger partial charge < -0.3 is 10.5 Å². The molecule has 1 aromatic carbocycles. The van der Waals surface area contributed by atoms with Gasteiger partial charge in [-0.25, -0.2) is 0 Å². The zero-order valence-electron chi connectivity index (χ0n) is 11.1. The van der Waals surface area contributed by atoms with Crippen LogP contribution in [0.1, 0.15) is 37.8 Å². The summed E-state index contributed by atoms with van der Waals surface area (Å²) in [5.74, 6) is 0.943. The quantitative estimate of drug-likeness (QED) is 0.915. The maximum absolute atomic E-state index is 6.22. The Bertz CT molecular complexity index is 562. The molecule has 0 spiro atoms. The van der Waals surface area contributed by atoms with Gasteiger partial charge in [-0.05, 0) is 37.8 Å². The van der Waals surface area contributed by atoms with Crippen molar-refractivity contribution in [2.45, 2.75) is 44.8 Å². The summed E-state index contributed by atoms with van der Waals surface area (Å²) in [5.41, 5.74) is 7.59. The lowest BCUT2D eigenvalue weighted by Crippen LogP contribution is -2.20. The summed E-state index contributed by atoms with van der Waals surface area (Å²) < 4.78 is 6.22. The van der Waals surface area contributed by atoms with E-state index >= 15 is 0 Å². The normalized spacial score (nSPS) is 16.7. The number of para-hydroxylation sites is 1. The van der Waals surface area contributed by atoms with Crippen LogP contribution < -0.4 is 10.5 Å². The Balaban J connectivity index is 1.95. The second-order valence-corrected chi connectivity index (χ2v) is 5.21. The van der Waals surface area contributed by atoms with Gasteiger partial charge in [0.15, 0.2) is 0 Å². The predicted molar refractivity (Wildman–Crippen MR) is 77.1 cm³/mol. The van der Waals surface area contributed by atoms with Crippen LogP contribution in [0.4, 0.5) is 0 Å². The molecule has 1 aromatic heterocycles. The van der Waals surface area contributed by atoms with E-state index in [1.54, 1.807) is 0 Å². The second-order valence-electron chi connectivity index (χ2n) is 5.21. The van der Waals surface area contributed by atoms with Crippen molar-refractivity contribution in [3.63, 3.8) is 0 Å². The van der Waals surface area contributed by atoms with E-state index in [0.29, 0.717) is 12.6 Å². The second kappa shape index (κ2) is 5.57. The number of fused-ring (bicyclic) bond motifs is 1. The molecule has 3 nitrogen and oxygen atoms in total. The summed E-state index contributed by atoms with van der Waals surface area (Å²) in [6.45, 7) is 0.450. The van der Waals surface area contributed by atoms with E-state index in [0.717, 1.165) is 35.2 Å². The molecule has 3 rings (SSSR count). The summed E-state index contributed by atoms with van der Waals surface area (Å²) in [4.78, 5) is 4.54. The average molecular weight is 256 g/mol. The fourth-order valence-electron chi connectivity index (χ4n) is 2.76. The van der Waals surface area contributed by atoms with Crippen molar-refractivity contribution in [3.8, 4) is 5.75 Å². The van der Waals surface area contributed by atoms with Gasteiger partial charge in [0.25, 0.3) is 0 Å². The summed E-state index contributed by atoms with van der Waals surface area (Å²) in [5, 5.41) is 1.09. The number of nitrogens with two attached hydrogens (primary N) is 1. The number of ether oxygens (including phenoxy) is 1. The Hall–Kier alpha value is -1.61. The van der Waals surface area contributed by atoms with Gasteiger partial charge in [0.1, 0.15) is 5.75 Å². The SMILES string of the molecule is NCc1cc(OC2CCCCC2)c2ccccc2n1. The highest BCUT2D eigenvalue weighted by Crippen LogP contribution is 2.29. The number of hydrogen-bond donors (Lipinski definition) is 1. The molecule has 2 N–H and O–H groups in total. The van der Waals surface area contributed by atoms with Crippen molar-refractivity contribution in [1.29, 1.82) is 0 Å². The van der Waals surface area contributed by atoms with E-state index in [1.165, 1.54) is 19.3 Å². The fourth-order valence-corrected chi connectivity index (χ4v) is 2.76. The fraction of sp³-hybridized carbons (Fsp3) is 0.438. The third-order valence-corrected chi connectivity index (χ3v) is 3.79. The number of pyridine rings is 1. The number of rotatable bonds is 3. The standard InChI is InChI=1S/C16H20N2O/c17-11-12-10-16(19-13-6-2-1-3-7-13)14-8-4-5-9-15(14)18-12/h4-5,8-10,13H,1-3,6-7,11,17H2. The first-order valence-electron chi connectivity index (χ1n) is 7.12. The summed E-state index contributed by atoms with van der Waals surface area (Å²) in [7, 11) is 0. The first kappa shape index (κ1) is 12.4. The van der Waals surface area contributed by atoms with Crippen LogP contribution in [0, 0.1) is 0 Å². The highest BCUT2D eigenvalue weighted by atomic mass is 16.5. The molecule has 19 heavy (non-hydrogen) atoms. The highest BCUT2D eigenvalue weighted by Gasteiger charge is 2.16. The molecule has 0 atom stereocenters. The van der Waals surface area contributed by atoms with Gasteiger partial charge in [-0.1, -0.05) is 18.6 Å². The molecule has 0 bridgehead atoms. The molecule has 1 heterocycles. The van der Waals surface area contributed by atoms with Gasteiger partial charge in [-0.2, -0.15) is 0 Å². The maximum atomic E-state index is 6.22. The smallest absolute Gasteiger partial charge is 0.130 e. The van der Waals surface area contributed by atoms with Gasteiger partial charge in [-0.3, -0.25) is 4.98 Å². The first-order valence-corrected chi connectivity index (χ1v) is 7.12. The van der Waals surface area contributed by atoms with E-state index in [1.807, 2.05) is 24.3 Å². The highest BCUT2D eigenvalue weighted by molar-refractivity contribution is 5.85. The Morgan fingerprint density at radius 2 is 1.95 bits per heavy atom. The van der Waals surface area contributed by atoms with Crippen molar-refractivity contribution in [2.75, 3.05) is 0 Å². The molecular weight excluding hydrogens is 236 g/mol. The molecule has 0 aliphatic heterocycles. The van der Waals surface area contributed by atoms with E-state index in [9.17, 15) is 0 Å². The molecule has 0 amide bonds. The van der Waals surface area contributed by atoms with Gasteiger partial charge in [0.05, 0.1) is 17.3 Å². The summed E-state index contributed by atoms with van der Waals surface area (Å²) >= 11 is 0. The predicted octanol–water partition coefficient (Wildman–Crippen LogP) is 3.41. The average Bonchev–Trinajstić information content (AvgIpc) is 2.48. The molecule has 0 radical (unpaired) electrons. The van der Waals surface area contributed by atoms with Crippen LogP contribution in [-0.2, 0) is 6.54 Å². The van der Waals surface area contributed by atoms with Crippen molar-refractivity contribution in [1.82, 2.24) is 4.98 Å². The molecule has 1 aliphatic carbocycles. The molecule has 1 fully saturated rings. The Morgan fingerprint density at radius 1 is 1.16 bits per heavy atom. The van der Waals surface area contributed by atoms with Crippen LogP contribution in [0.2, 0.25) is 0 Å². The van der Waals surface area contributed by atoms with Crippen molar-refractivity contribution in [2.24, 2.45) is 5.73 Å². The number of aromatic nitrogens is 1. The lowest BCUT2D eigenvalue weighted by atomic mass is 9.98.